The van der Waals surface area contributed by atoms with Crippen LogP contribution in [0.4, 0.5) is 5.95 Å². The second-order valence-corrected chi connectivity index (χ2v) is 10.4. The van der Waals surface area contributed by atoms with E-state index < -0.39 is 0 Å². The highest BCUT2D eigenvalue weighted by molar-refractivity contribution is 6.62. The summed E-state index contributed by atoms with van der Waals surface area (Å²) in [5.41, 5.74) is 2.55. The van der Waals surface area contributed by atoms with E-state index in [0.29, 0.717) is 12.1 Å². The van der Waals surface area contributed by atoms with Crippen LogP contribution in [0.15, 0.2) is 18.3 Å². The van der Waals surface area contributed by atoms with Crippen LogP contribution < -0.4 is 10.8 Å². The van der Waals surface area contributed by atoms with E-state index >= 15 is 0 Å². The Hall–Kier alpha value is -1.70. The largest absolute Gasteiger partial charge is 0.494 e. The van der Waals surface area contributed by atoms with E-state index in [4.69, 9.17) is 14.3 Å². The number of nitrogens with zero attached hydrogens (tertiary/aromatic N) is 3. The third-order valence-corrected chi connectivity index (χ3v) is 7.45. The van der Waals surface area contributed by atoms with Gasteiger partial charge in [-0.15, -0.1) is 0 Å². The molecule has 0 amide bonds. The highest BCUT2D eigenvalue weighted by Gasteiger charge is 2.51. The van der Waals surface area contributed by atoms with Gasteiger partial charge in [0, 0.05) is 23.7 Å². The molecule has 1 saturated carbocycles. The Morgan fingerprint density at radius 3 is 2.29 bits per heavy atom. The maximum absolute atomic E-state index is 6.27. The number of aromatic nitrogens is 2. The summed E-state index contributed by atoms with van der Waals surface area (Å²) >= 11 is 0. The molecule has 0 bridgehead atoms. The van der Waals surface area contributed by atoms with E-state index in [1.807, 2.05) is 6.20 Å². The lowest BCUT2D eigenvalue weighted by atomic mass is 9.77. The third-order valence-electron chi connectivity index (χ3n) is 7.45. The minimum absolute atomic E-state index is 0.352. The molecule has 1 N–H and O–H groups in total. The van der Waals surface area contributed by atoms with Gasteiger partial charge >= 0.3 is 7.12 Å². The van der Waals surface area contributed by atoms with Crippen molar-refractivity contribution < 1.29 is 9.31 Å². The predicted molar refractivity (Wildman–Crippen MR) is 128 cm³/mol. The van der Waals surface area contributed by atoms with E-state index in [9.17, 15) is 0 Å². The molecule has 1 aromatic heterocycles. The number of rotatable bonds is 5. The summed E-state index contributed by atoms with van der Waals surface area (Å²) in [5.74, 6) is 0.735. The molecule has 1 aliphatic heterocycles. The van der Waals surface area contributed by atoms with E-state index in [2.05, 4.69) is 76.0 Å². The second-order valence-electron chi connectivity index (χ2n) is 10.4. The highest BCUT2D eigenvalue weighted by atomic mass is 16.7. The minimum atomic E-state index is -0.371. The lowest BCUT2D eigenvalue weighted by molar-refractivity contribution is 0.00578. The summed E-state index contributed by atoms with van der Waals surface area (Å²) in [7, 11) is 3.98. The molecule has 2 fully saturated rings. The molecule has 0 atom stereocenters. The Labute approximate surface area is 187 Å². The Morgan fingerprint density at radius 2 is 1.71 bits per heavy atom. The normalized spacial score (nSPS) is 25.4. The van der Waals surface area contributed by atoms with E-state index in [1.165, 1.54) is 18.4 Å². The van der Waals surface area contributed by atoms with Gasteiger partial charge in [-0.2, -0.15) is 0 Å². The second kappa shape index (κ2) is 8.34. The Bertz CT molecular complexity index is 923. The van der Waals surface area contributed by atoms with E-state index in [0.717, 1.165) is 41.6 Å². The summed E-state index contributed by atoms with van der Waals surface area (Å²) in [5, 5.41) is 4.62. The van der Waals surface area contributed by atoms with Gasteiger partial charge in [0.2, 0.25) is 5.95 Å². The molecule has 0 spiro atoms. The molecule has 0 radical (unpaired) electrons. The van der Waals surface area contributed by atoms with Crippen LogP contribution >= 0.6 is 0 Å². The van der Waals surface area contributed by atoms with Crippen molar-refractivity contribution in [1.82, 2.24) is 14.9 Å². The van der Waals surface area contributed by atoms with Crippen molar-refractivity contribution >= 4 is 29.4 Å². The van der Waals surface area contributed by atoms with Crippen LogP contribution in [0.5, 0.6) is 0 Å². The van der Waals surface area contributed by atoms with Crippen LogP contribution in [0.1, 0.15) is 65.9 Å². The molecule has 6 nitrogen and oxygen atoms in total. The zero-order valence-electron chi connectivity index (χ0n) is 20.2. The maximum Gasteiger partial charge on any atom is 0.494 e. The van der Waals surface area contributed by atoms with Crippen LogP contribution in [0.25, 0.3) is 10.9 Å². The van der Waals surface area contributed by atoms with E-state index in [1.54, 1.807) is 0 Å². The van der Waals surface area contributed by atoms with E-state index in [-0.39, 0.29) is 18.3 Å². The number of nitrogens with one attached hydrogen (secondary N) is 1. The molecule has 1 aliphatic carbocycles. The SMILES string of the molecule is CCc1cc(B2OC(C)(C)C(C)(C)O2)cc2cnc(NC3CCC(N(C)C)CC3)nc12. The Kier molecular flexibility index (Phi) is 6.05. The van der Waals surface area contributed by atoms with Gasteiger partial charge < -0.3 is 19.5 Å². The molecule has 31 heavy (non-hydrogen) atoms. The van der Waals surface area contributed by atoms with Crippen molar-refractivity contribution in [3.8, 4) is 0 Å². The number of fused-ring (bicyclic) bond motifs is 1. The summed E-state index contributed by atoms with van der Waals surface area (Å²) < 4.78 is 12.5. The van der Waals surface area contributed by atoms with Crippen LogP contribution in [0.2, 0.25) is 0 Å². The minimum Gasteiger partial charge on any atom is -0.399 e. The monoisotopic (exact) mass is 424 g/mol. The lowest BCUT2D eigenvalue weighted by Crippen LogP contribution is -2.41. The molecule has 2 aromatic rings. The van der Waals surface area contributed by atoms with Crippen molar-refractivity contribution in [3.63, 3.8) is 0 Å². The molecule has 168 valence electrons. The average molecular weight is 424 g/mol. The van der Waals surface area contributed by atoms with Crippen LogP contribution in [-0.4, -0.2) is 59.4 Å². The Balaban J connectivity index is 1.55. The van der Waals surface area contributed by atoms with Gasteiger partial charge in [-0.1, -0.05) is 19.1 Å². The van der Waals surface area contributed by atoms with Crippen molar-refractivity contribution in [2.75, 3.05) is 19.4 Å². The average Bonchev–Trinajstić information content (AvgIpc) is 2.94. The third kappa shape index (κ3) is 4.45. The molecule has 1 saturated heterocycles. The van der Waals surface area contributed by atoms with Gasteiger partial charge in [0.1, 0.15) is 0 Å². The predicted octanol–water partition coefficient (Wildman–Crippen LogP) is 3.78. The lowest BCUT2D eigenvalue weighted by Gasteiger charge is -2.33. The molecule has 4 rings (SSSR count). The van der Waals surface area contributed by atoms with Gasteiger partial charge in [-0.25, -0.2) is 9.97 Å². The van der Waals surface area contributed by atoms with Crippen LogP contribution in [-0.2, 0) is 15.7 Å². The first kappa shape index (κ1) is 22.5. The standard InChI is InChI=1S/C24H37BN4O2/c1-8-16-13-18(25-30-23(2,3)24(4,5)31-25)14-17-15-26-22(28-21(16)17)27-19-9-11-20(12-10-19)29(6)7/h13-15,19-20H,8-12H2,1-7H3,(H,26,27,28). The highest BCUT2D eigenvalue weighted by Crippen LogP contribution is 2.36. The molecular formula is C24H37BN4O2. The molecular weight excluding hydrogens is 387 g/mol. The molecule has 2 aliphatic rings. The smallest absolute Gasteiger partial charge is 0.399 e. The summed E-state index contributed by atoms with van der Waals surface area (Å²) in [4.78, 5) is 11.9. The summed E-state index contributed by atoms with van der Waals surface area (Å²) in [6, 6.07) is 5.44. The quantitative estimate of drug-likeness (QED) is 0.738. The topological polar surface area (TPSA) is 59.5 Å². The zero-order valence-corrected chi connectivity index (χ0v) is 20.2. The number of aryl methyl sites for hydroxylation is 1. The maximum atomic E-state index is 6.27. The van der Waals surface area contributed by atoms with Gasteiger partial charge in [0.05, 0.1) is 16.7 Å². The van der Waals surface area contributed by atoms with Gasteiger partial charge in [0.25, 0.3) is 0 Å². The Morgan fingerprint density at radius 1 is 1.06 bits per heavy atom. The van der Waals surface area contributed by atoms with Crippen molar-refractivity contribution in [2.45, 2.75) is 90.0 Å². The summed E-state index contributed by atoms with van der Waals surface area (Å²) in [6.07, 6.45) is 7.58. The van der Waals surface area contributed by atoms with Crippen molar-refractivity contribution in [2.24, 2.45) is 0 Å². The van der Waals surface area contributed by atoms with Gasteiger partial charge in [-0.05, 0) is 84.9 Å². The molecule has 7 heteroatoms. The van der Waals surface area contributed by atoms with Gasteiger partial charge in [0.15, 0.2) is 0 Å². The van der Waals surface area contributed by atoms with Crippen molar-refractivity contribution in [1.29, 1.82) is 0 Å². The van der Waals surface area contributed by atoms with Crippen molar-refractivity contribution in [3.05, 3.63) is 23.9 Å². The molecule has 0 unspecified atom stereocenters. The molecule has 2 heterocycles. The van der Waals surface area contributed by atoms with Crippen LogP contribution in [0.3, 0.4) is 0 Å². The van der Waals surface area contributed by atoms with Crippen LogP contribution in [0, 0.1) is 0 Å². The first-order chi connectivity index (χ1) is 14.6. The zero-order chi connectivity index (χ0) is 22.4. The van der Waals surface area contributed by atoms with Gasteiger partial charge in [-0.3, -0.25) is 0 Å². The first-order valence-electron chi connectivity index (χ1n) is 11.7. The number of hydrogen-bond acceptors (Lipinski definition) is 6. The fourth-order valence-electron chi connectivity index (χ4n) is 4.62. The number of benzene rings is 1. The number of hydrogen-bond donors (Lipinski definition) is 1. The molecule has 1 aromatic carbocycles. The first-order valence-corrected chi connectivity index (χ1v) is 11.7. The number of anilines is 1. The fraction of sp³-hybridized carbons (Fsp3) is 0.667. The fourth-order valence-corrected chi connectivity index (χ4v) is 4.62. The summed E-state index contributed by atoms with van der Waals surface area (Å²) in [6.45, 7) is 10.5.